The molecule has 1 aliphatic heterocycles. The highest BCUT2D eigenvalue weighted by Crippen LogP contribution is 2.28. The molecule has 0 radical (unpaired) electrons. The first-order chi connectivity index (χ1) is 12.0. The van der Waals surface area contributed by atoms with Gasteiger partial charge in [-0.05, 0) is 23.6 Å². The van der Waals surface area contributed by atoms with Crippen molar-refractivity contribution in [3.63, 3.8) is 0 Å². The van der Waals surface area contributed by atoms with E-state index in [1.165, 1.54) is 6.07 Å². The monoisotopic (exact) mass is 344 g/mol. The maximum Gasteiger partial charge on any atom is 0.344 e. The van der Waals surface area contributed by atoms with Gasteiger partial charge in [0.15, 0.2) is 0 Å². The van der Waals surface area contributed by atoms with Crippen LogP contribution < -0.4 is 10.4 Å². The molecule has 3 N–H and O–H groups in total. The highest BCUT2D eigenvalue weighted by atomic mass is 16.7. The van der Waals surface area contributed by atoms with Crippen molar-refractivity contribution in [2.45, 2.75) is 24.6 Å². The molecule has 1 aliphatic rings. The lowest BCUT2D eigenvalue weighted by atomic mass is 10.1. The molecule has 0 unspecified atom stereocenters. The van der Waals surface area contributed by atoms with Gasteiger partial charge in [0.25, 0.3) is 0 Å². The molecule has 2 aromatic carbocycles. The third kappa shape index (κ3) is 2.77. The van der Waals surface area contributed by atoms with E-state index in [-0.39, 0.29) is 6.61 Å². The zero-order chi connectivity index (χ0) is 17.6. The smallest absolute Gasteiger partial charge is 0.344 e. The van der Waals surface area contributed by atoms with E-state index in [9.17, 15) is 20.1 Å². The third-order valence-electron chi connectivity index (χ3n) is 4.30. The van der Waals surface area contributed by atoms with Gasteiger partial charge in [0, 0.05) is 11.5 Å². The molecular weight excluding hydrogens is 328 g/mol. The number of hydrogen-bond acceptors (Lipinski definition) is 7. The van der Waals surface area contributed by atoms with Crippen molar-refractivity contribution in [1.82, 2.24) is 0 Å². The average Bonchev–Trinajstić information content (AvgIpc) is 2.62. The fourth-order valence-corrected chi connectivity index (χ4v) is 2.95. The van der Waals surface area contributed by atoms with E-state index in [1.807, 2.05) is 12.1 Å². The number of rotatable bonds is 2. The average molecular weight is 344 g/mol. The van der Waals surface area contributed by atoms with Gasteiger partial charge >= 0.3 is 5.63 Å². The summed E-state index contributed by atoms with van der Waals surface area (Å²) in [5, 5.41) is 31.1. The maximum absolute atomic E-state index is 12.1. The van der Waals surface area contributed by atoms with E-state index in [0.29, 0.717) is 16.7 Å². The van der Waals surface area contributed by atoms with Gasteiger partial charge in [-0.15, -0.1) is 0 Å². The highest BCUT2D eigenvalue weighted by molar-refractivity contribution is 6.04. The Morgan fingerprint density at radius 1 is 0.960 bits per heavy atom. The SMILES string of the molecule is O=c1oc2cc(O[C@@H]3OC[C@@H](O)[C@H](O)[C@H]3O)ccc2c2ccccc12. The van der Waals surface area contributed by atoms with Crippen LogP contribution in [0.2, 0.25) is 0 Å². The lowest BCUT2D eigenvalue weighted by molar-refractivity contribution is -0.242. The van der Waals surface area contributed by atoms with Gasteiger partial charge in [0.05, 0.1) is 12.0 Å². The van der Waals surface area contributed by atoms with Crippen molar-refractivity contribution in [2.75, 3.05) is 6.61 Å². The van der Waals surface area contributed by atoms with Crippen LogP contribution >= 0.6 is 0 Å². The molecule has 130 valence electrons. The number of hydrogen-bond donors (Lipinski definition) is 3. The van der Waals surface area contributed by atoms with E-state index < -0.39 is 30.2 Å². The van der Waals surface area contributed by atoms with Crippen LogP contribution in [0.3, 0.4) is 0 Å². The Bertz CT molecular complexity index is 980. The second kappa shape index (κ2) is 6.12. The molecule has 0 aliphatic carbocycles. The van der Waals surface area contributed by atoms with Crippen LogP contribution in [0.25, 0.3) is 21.7 Å². The van der Waals surface area contributed by atoms with Crippen molar-refractivity contribution in [3.8, 4) is 5.75 Å². The largest absolute Gasteiger partial charge is 0.462 e. The molecule has 1 saturated heterocycles. The van der Waals surface area contributed by atoms with Crippen LogP contribution in [0.1, 0.15) is 0 Å². The topological polar surface area (TPSA) is 109 Å². The standard InChI is InChI=1S/C18H16O7/c19-13-8-23-18(16(21)15(13)20)24-9-5-6-11-10-3-1-2-4-12(10)17(22)25-14(11)7-9/h1-7,13,15-16,18-21H,8H2/t13-,15+,16-,18+/m1/s1. The first kappa shape index (κ1) is 16.0. The molecule has 7 heteroatoms. The summed E-state index contributed by atoms with van der Waals surface area (Å²) < 4.78 is 16.1. The molecule has 1 fully saturated rings. The summed E-state index contributed by atoms with van der Waals surface area (Å²) in [6.45, 7) is -0.157. The third-order valence-corrected chi connectivity index (χ3v) is 4.30. The highest BCUT2D eigenvalue weighted by Gasteiger charge is 2.39. The lowest BCUT2D eigenvalue weighted by Crippen LogP contribution is -2.54. The first-order valence-corrected chi connectivity index (χ1v) is 7.82. The molecular formula is C18H16O7. The fourth-order valence-electron chi connectivity index (χ4n) is 2.95. The second-order valence-electron chi connectivity index (χ2n) is 5.96. The van der Waals surface area contributed by atoms with E-state index >= 15 is 0 Å². The van der Waals surface area contributed by atoms with Gasteiger partial charge in [-0.3, -0.25) is 0 Å². The summed E-state index contributed by atoms with van der Waals surface area (Å²) in [5.74, 6) is 0.304. The van der Waals surface area contributed by atoms with E-state index in [4.69, 9.17) is 13.9 Å². The Labute approximate surface area is 141 Å². The molecule has 0 spiro atoms. The van der Waals surface area contributed by atoms with Gasteiger partial charge in [-0.25, -0.2) is 4.79 Å². The van der Waals surface area contributed by atoms with Crippen LogP contribution in [0.5, 0.6) is 5.75 Å². The molecule has 1 aromatic heterocycles. The first-order valence-electron chi connectivity index (χ1n) is 7.82. The summed E-state index contributed by atoms with van der Waals surface area (Å²) in [6, 6.07) is 12.1. The van der Waals surface area contributed by atoms with Crippen LogP contribution in [-0.4, -0.2) is 46.5 Å². The number of ether oxygens (including phenoxy) is 2. The van der Waals surface area contributed by atoms with E-state index in [1.54, 1.807) is 24.3 Å². The van der Waals surface area contributed by atoms with Gasteiger partial charge in [-0.2, -0.15) is 0 Å². The zero-order valence-electron chi connectivity index (χ0n) is 13.0. The van der Waals surface area contributed by atoms with Crippen molar-refractivity contribution < 1.29 is 29.2 Å². The van der Waals surface area contributed by atoms with Gasteiger partial charge in [0.2, 0.25) is 6.29 Å². The fraction of sp³-hybridized carbons (Fsp3) is 0.278. The number of aliphatic hydroxyl groups is 3. The Morgan fingerprint density at radius 2 is 1.72 bits per heavy atom. The predicted molar refractivity (Wildman–Crippen MR) is 88.4 cm³/mol. The van der Waals surface area contributed by atoms with E-state index in [0.717, 1.165) is 10.8 Å². The minimum absolute atomic E-state index is 0.157. The normalized spacial score (nSPS) is 26.8. The lowest BCUT2D eigenvalue weighted by Gasteiger charge is -2.34. The Hall–Kier alpha value is -2.45. The Kier molecular flexibility index (Phi) is 3.93. The number of fused-ring (bicyclic) bond motifs is 3. The summed E-state index contributed by atoms with van der Waals surface area (Å²) in [4.78, 5) is 12.1. The summed E-state index contributed by atoms with van der Waals surface area (Å²) in [5.41, 5.74) is -0.111. The Balaban J connectivity index is 1.70. The Morgan fingerprint density at radius 3 is 2.52 bits per heavy atom. The molecule has 4 rings (SSSR count). The minimum Gasteiger partial charge on any atom is -0.462 e. The van der Waals surface area contributed by atoms with Crippen LogP contribution in [0.15, 0.2) is 51.7 Å². The van der Waals surface area contributed by atoms with Crippen LogP contribution in [0.4, 0.5) is 0 Å². The van der Waals surface area contributed by atoms with Gasteiger partial charge in [-0.1, -0.05) is 18.2 Å². The van der Waals surface area contributed by atoms with Crippen molar-refractivity contribution in [1.29, 1.82) is 0 Å². The van der Waals surface area contributed by atoms with Crippen molar-refractivity contribution in [3.05, 3.63) is 52.9 Å². The summed E-state index contributed by atoms with van der Waals surface area (Å²) in [7, 11) is 0. The van der Waals surface area contributed by atoms with Gasteiger partial charge in [0.1, 0.15) is 29.6 Å². The predicted octanol–water partition coefficient (Wildman–Crippen LogP) is 0.764. The zero-order valence-corrected chi connectivity index (χ0v) is 13.0. The molecule has 0 saturated carbocycles. The quantitative estimate of drug-likeness (QED) is 0.465. The van der Waals surface area contributed by atoms with Gasteiger partial charge < -0.3 is 29.2 Å². The second-order valence-corrected chi connectivity index (χ2v) is 5.96. The summed E-state index contributed by atoms with van der Waals surface area (Å²) >= 11 is 0. The molecule has 25 heavy (non-hydrogen) atoms. The molecule has 4 atom stereocenters. The molecule has 0 amide bonds. The van der Waals surface area contributed by atoms with E-state index in [2.05, 4.69) is 0 Å². The molecule has 3 aromatic rings. The van der Waals surface area contributed by atoms with Crippen molar-refractivity contribution in [2.24, 2.45) is 0 Å². The number of benzene rings is 2. The molecule has 7 nitrogen and oxygen atoms in total. The number of aliphatic hydroxyl groups excluding tert-OH is 3. The van der Waals surface area contributed by atoms with Crippen molar-refractivity contribution >= 4 is 21.7 Å². The van der Waals surface area contributed by atoms with Crippen LogP contribution in [-0.2, 0) is 4.74 Å². The van der Waals surface area contributed by atoms with Crippen LogP contribution in [0, 0.1) is 0 Å². The minimum atomic E-state index is -1.40. The maximum atomic E-state index is 12.1. The summed E-state index contributed by atoms with van der Waals surface area (Å²) in [6.07, 6.45) is -5.07. The molecule has 2 heterocycles. The molecule has 0 bridgehead atoms.